The van der Waals surface area contributed by atoms with E-state index < -0.39 is 0 Å². The second-order valence-electron chi connectivity index (χ2n) is 4.76. The summed E-state index contributed by atoms with van der Waals surface area (Å²) in [6, 6.07) is 5.60. The molecule has 1 aromatic carbocycles. The normalized spacial score (nSPS) is 27.8. The molecule has 1 aromatic rings. The van der Waals surface area contributed by atoms with Gasteiger partial charge in [0.2, 0.25) is 0 Å². The summed E-state index contributed by atoms with van der Waals surface area (Å²) in [7, 11) is 0. The summed E-state index contributed by atoms with van der Waals surface area (Å²) in [6.45, 7) is 0.907. The quantitative estimate of drug-likeness (QED) is 0.656. The Morgan fingerprint density at radius 1 is 1.29 bits per heavy atom. The van der Waals surface area contributed by atoms with Gasteiger partial charge in [-0.3, -0.25) is 0 Å². The fourth-order valence-electron chi connectivity index (χ4n) is 3.01. The van der Waals surface area contributed by atoms with Gasteiger partial charge in [-0.05, 0) is 34.2 Å². The van der Waals surface area contributed by atoms with Crippen molar-refractivity contribution in [3.05, 3.63) is 40.8 Å². The van der Waals surface area contributed by atoms with E-state index in [1.54, 1.807) is 6.07 Å². The average Bonchev–Trinajstić information content (AvgIpc) is 2.91. The zero-order valence-electron chi connectivity index (χ0n) is 9.22. The number of hydrogen-bond acceptors (Lipinski definition) is 3. The molecule has 0 radical (unpaired) electrons. The van der Waals surface area contributed by atoms with Crippen LogP contribution in [0.5, 0.6) is 5.75 Å². The number of hydrazone groups is 1. The molecule has 1 heterocycles. The van der Waals surface area contributed by atoms with Gasteiger partial charge < -0.3 is 10.5 Å². The van der Waals surface area contributed by atoms with Crippen molar-refractivity contribution in [3.63, 3.8) is 0 Å². The molecule has 0 amide bonds. The molecule has 2 atom stereocenters. The third-order valence-electron chi connectivity index (χ3n) is 3.83. The van der Waals surface area contributed by atoms with E-state index in [0.29, 0.717) is 17.6 Å². The number of phenolic OH excluding ortho intramolecular Hbond substituents is 1. The van der Waals surface area contributed by atoms with Crippen LogP contribution in [0, 0.1) is 11.8 Å². The molecule has 2 aliphatic carbocycles. The molecule has 17 heavy (non-hydrogen) atoms. The van der Waals surface area contributed by atoms with Crippen molar-refractivity contribution in [1.82, 2.24) is 5.43 Å². The van der Waals surface area contributed by atoms with Gasteiger partial charge in [0, 0.05) is 18.4 Å². The zero-order chi connectivity index (χ0) is 11.4. The molecule has 2 N–H and O–H groups in total. The van der Waals surface area contributed by atoms with Crippen LogP contribution in [0.1, 0.15) is 0 Å². The van der Waals surface area contributed by atoms with Gasteiger partial charge in [0.15, 0.2) is 0 Å². The Morgan fingerprint density at radius 3 is 3.18 bits per heavy atom. The van der Waals surface area contributed by atoms with E-state index in [1.165, 1.54) is 10.8 Å². The van der Waals surface area contributed by atoms with Crippen LogP contribution in [-0.2, 0) is 0 Å². The highest BCUT2D eigenvalue weighted by atomic mass is 16.3. The first kappa shape index (κ1) is 9.05. The van der Waals surface area contributed by atoms with E-state index >= 15 is 0 Å². The number of rotatable bonds is 0. The van der Waals surface area contributed by atoms with Gasteiger partial charge >= 0.3 is 0 Å². The molecule has 0 saturated heterocycles. The minimum atomic E-state index is 0.336. The Bertz CT molecular complexity index is 685. The van der Waals surface area contributed by atoms with E-state index in [1.807, 2.05) is 12.1 Å². The van der Waals surface area contributed by atoms with Crippen molar-refractivity contribution in [2.45, 2.75) is 0 Å². The Balaban J connectivity index is 2.01. The number of nitrogens with zero attached hydrogens (tertiary/aromatic N) is 1. The van der Waals surface area contributed by atoms with Crippen molar-refractivity contribution < 1.29 is 5.11 Å². The van der Waals surface area contributed by atoms with Gasteiger partial charge in [-0.15, -0.1) is 0 Å². The van der Waals surface area contributed by atoms with Gasteiger partial charge in [-0.2, -0.15) is 5.10 Å². The van der Waals surface area contributed by atoms with Gasteiger partial charge in [0.25, 0.3) is 0 Å². The van der Waals surface area contributed by atoms with Gasteiger partial charge in [0.05, 0.1) is 5.71 Å². The summed E-state index contributed by atoms with van der Waals surface area (Å²) >= 11 is 0. The lowest BCUT2D eigenvalue weighted by Gasteiger charge is -2.22. The first-order valence-corrected chi connectivity index (χ1v) is 5.86. The lowest BCUT2D eigenvalue weighted by molar-refractivity contribution is 0.474. The molecule has 1 aliphatic heterocycles. The van der Waals surface area contributed by atoms with Crippen molar-refractivity contribution in [1.29, 1.82) is 0 Å². The highest BCUT2D eigenvalue weighted by Crippen LogP contribution is 2.33. The number of aromatic hydroxyl groups is 1. The number of phenols is 1. The smallest absolute Gasteiger partial charge is 0.116 e. The van der Waals surface area contributed by atoms with Crippen LogP contribution >= 0.6 is 0 Å². The summed E-state index contributed by atoms with van der Waals surface area (Å²) in [5, 5.41) is 16.3. The van der Waals surface area contributed by atoms with Gasteiger partial charge in [0.1, 0.15) is 5.75 Å². The molecular formula is C14H12N2O. The molecule has 3 aliphatic rings. The molecular weight excluding hydrogens is 212 g/mol. The maximum Gasteiger partial charge on any atom is 0.116 e. The zero-order valence-corrected chi connectivity index (χ0v) is 9.22. The topological polar surface area (TPSA) is 44.6 Å². The molecule has 0 spiro atoms. The number of fused-ring (bicyclic) bond motifs is 4. The van der Waals surface area contributed by atoms with Crippen molar-refractivity contribution in [3.8, 4) is 5.75 Å². The van der Waals surface area contributed by atoms with Crippen LogP contribution < -0.4 is 15.9 Å². The van der Waals surface area contributed by atoms with Crippen LogP contribution in [0.4, 0.5) is 0 Å². The lowest BCUT2D eigenvalue weighted by Crippen LogP contribution is -2.27. The minimum absolute atomic E-state index is 0.336. The third kappa shape index (κ3) is 1.14. The summed E-state index contributed by atoms with van der Waals surface area (Å²) < 4.78 is 0. The molecule has 0 aromatic heterocycles. The monoisotopic (exact) mass is 224 g/mol. The Kier molecular flexibility index (Phi) is 1.60. The predicted molar refractivity (Wildman–Crippen MR) is 66.8 cm³/mol. The molecule has 0 bridgehead atoms. The number of allylic oxidation sites excluding steroid dienone is 2. The fraction of sp³-hybridized carbons (Fsp3) is 0.214. The summed E-state index contributed by atoms with van der Waals surface area (Å²) in [4.78, 5) is 0. The Hall–Kier alpha value is -2.03. The summed E-state index contributed by atoms with van der Waals surface area (Å²) in [6.07, 6.45) is 6.51. The Morgan fingerprint density at radius 2 is 2.24 bits per heavy atom. The number of benzene rings is 1. The largest absolute Gasteiger partial charge is 0.508 e. The van der Waals surface area contributed by atoms with E-state index in [-0.39, 0.29) is 0 Å². The van der Waals surface area contributed by atoms with Crippen molar-refractivity contribution in [2.75, 3.05) is 6.54 Å². The second kappa shape index (κ2) is 3.00. The predicted octanol–water partition coefficient (Wildman–Crippen LogP) is 0.0984. The van der Waals surface area contributed by atoms with E-state index in [9.17, 15) is 5.11 Å². The van der Waals surface area contributed by atoms with Crippen LogP contribution in [-0.4, -0.2) is 17.4 Å². The lowest BCUT2D eigenvalue weighted by atomic mass is 9.80. The summed E-state index contributed by atoms with van der Waals surface area (Å²) in [5.41, 5.74) is 5.52. The number of hydrogen-bond donors (Lipinski definition) is 2. The maximum atomic E-state index is 9.59. The standard InChI is InChI=1S/C14H12N2O/c17-9-2-1-8-5-12-10(11(8)6-9)3-4-14-13(12)7-15-16-14/h1-6,12-13,15,17H,7H2. The second-order valence-corrected chi connectivity index (χ2v) is 4.76. The van der Waals surface area contributed by atoms with Crippen LogP contribution in [0.15, 0.2) is 35.5 Å². The van der Waals surface area contributed by atoms with E-state index in [2.05, 4.69) is 28.8 Å². The first-order valence-electron chi connectivity index (χ1n) is 5.86. The average molecular weight is 224 g/mol. The number of nitrogens with one attached hydrogen (secondary N) is 1. The van der Waals surface area contributed by atoms with Crippen LogP contribution in [0.3, 0.4) is 0 Å². The fourth-order valence-corrected chi connectivity index (χ4v) is 3.01. The minimum Gasteiger partial charge on any atom is -0.508 e. The summed E-state index contributed by atoms with van der Waals surface area (Å²) in [5.74, 6) is 1.19. The van der Waals surface area contributed by atoms with Crippen LogP contribution in [0.2, 0.25) is 0 Å². The van der Waals surface area contributed by atoms with Crippen molar-refractivity contribution in [2.24, 2.45) is 16.9 Å². The van der Waals surface area contributed by atoms with E-state index in [4.69, 9.17) is 0 Å². The van der Waals surface area contributed by atoms with Crippen molar-refractivity contribution >= 4 is 17.4 Å². The van der Waals surface area contributed by atoms with Crippen LogP contribution in [0.25, 0.3) is 11.6 Å². The van der Waals surface area contributed by atoms with E-state index in [0.717, 1.165) is 17.5 Å². The molecule has 3 heteroatoms. The molecule has 0 fully saturated rings. The molecule has 3 nitrogen and oxygen atoms in total. The molecule has 84 valence electrons. The van der Waals surface area contributed by atoms with Gasteiger partial charge in [-0.1, -0.05) is 18.2 Å². The molecule has 4 rings (SSSR count). The third-order valence-corrected chi connectivity index (χ3v) is 3.83. The van der Waals surface area contributed by atoms with Gasteiger partial charge in [-0.25, -0.2) is 0 Å². The maximum absolute atomic E-state index is 9.59. The molecule has 0 saturated carbocycles. The first-order chi connectivity index (χ1) is 8.33. The molecule has 2 unspecified atom stereocenters. The highest BCUT2D eigenvalue weighted by Gasteiger charge is 2.34. The Labute approximate surface area is 98.5 Å². The SMILES string of the molecule is Oc1ccc2c(c1)=C1C=CC3=NNCC3C1C=2. The highest BCUT2D eigenvalue weighted by molar-refractivity contribution is 6.04.